The number of nitrogens with two attached hydrogens (primary N) is 2. The smallest absolute Gasteiger partial charge is 0.308 e. The van der Waals surface area contributed by atoms with Crippen molar-refractivity contribution in [1.82, 2.24) is 5.32 Å². The van der Waals surface area contributed by atoms with Gasteiger partial charge in [0.2, 0.25) is 11.8 Å². The van der Waals surface area contributed by atoms with Crippen LogP contribution < -0.4 is 16.8 Å². The van der Waals surface area contributed by atoms with Crippen LogP contribution in [-0.2, 0) is 25.5 Å². The monoisotopic (exact) mass is 361 g/mol. The van der Waals surface area contributed by atoms with Crippen molar-refractivity contribution in [2.24, 2.45) is 11.5 Å². The molecule has 1 aromatic carbocycles. The van der Waals surface area contributed by atoms with Crippen molar-refractivity contribution in [3.63, 3.8) is 0 Å². The van der Waals surface area contributed by atoms with E-state index in [1.165, 1.54) is 0 Å². The summed E-state index contributed by atoms with van der Waals surface area (Å²) in [7, 11) is 0. The summed E-state index contributed by atoms with van der Waals surface area (Å²) in [6, 6.07) is 7.24. The topological polar surface area (TPSA) is 125 Å². The largest absolute Gasteiger partial charge is 0.462 e. The summed E-state index contributed by atoms with van der Waals surface area (Å²) in [4.78, 5) is 35.8. The maximum absolute atomic E-state index is 12.2. The van der Waals surface area contributed by atoms with E-state index in [-0.39, 0.29) is 18.9 Å². The van der Waals surface area contributed by atoms with Crippen molar-refractivity contribution in [2.45, 2.75) is 63.1 Å². The minimum atomic E-state index is -1.08. The van der Waals surface area contributed by atoms with Gasteiger partial charge in [-0.05, 0) is 31.2 Å². The third-order valence-corrected chi connectivity index (χ3v) is 4.52. The van der Waals surface area contributed by atoms with Gasteiger partial charge in [-0.15, -0.1) is 0 Å². The van der Waals surface area contributed by atoms with E-state index in [1.807, 2.05) is 30.3 Å². The van der Waals surface area contributed by atoms with Crippen LogP contribution in [0.25, 0.3) is 0 Å². The molecule has 0 radical (unpaired) electrons. The zero-order chi connectivity index (χ0) is 18.9. The Kier molecular flexibility index (Phi) is 7.59. The van der Waals surface area contributed by atoms with Crippen molar-refractivity contribution < 1.29 is 19.1 Å². The summed E-state index contributed by atoms with van der Waals surface area (Å²) in [5, 5.41) is 2.53. The number of hydrogen-bond donors (Lipinski definition) is 3. The molecule has 5 N–H and O–H groups in total. The first-order valence-electron chi connectivity index (χ1n) is 9.04. The fraction of sp³-hybridized carbons (Fsp3) is 0.526. The Labute approximate surface area is 153 Å². The Morgan fingerprint density at radius 1 is 1.12 bits per heavy atom. The molecule has 142 valence electrons. The minimum Gasteiger partial charge on any atom is -0.462 e. The summed E-state index contributed by atoms with van der Waals surface area (Å²) >= 11 is 0. The van der Waals surface area contributed by atoms with E-state index in [0.717, 1.165) is 37.7 Å². The van der Waals surface area contributed by atoms with Crippen LogP contribution in [0.4, 0.5) is 0 Å². The number of benzene rings is 1. The lowest BCUT2D eigenvalue weighted by atomic mass is 9.98. The van der Waals surface area contributed by atoms with Gasteiger partial charge in [-0.1, -0.05) is 36.8 Å². The van der Waals surface area contributed by atoms with Crippen molar-refractivity contribution in [3.8, 4) is 0 Å². The number of rotatable bonds is 8. The van der Waals surface area contributed by atoms with Gasteiger partial charge in [-0.25, -0.2) is 0 Å². The standard InChI is InChI=1S/C19H27N3O4/c20-15(12-17(23)26-14-9-5-2-6-10-14)19(25)22-16(18(21)24)11-13-7-3-1-4-8-13/h1,3-4,7-8,14-16H,2,5-6,9-12,20H2,(H2,21,24)(H,22,25)/t15-,16-/m0/s1. The highest BCUT2D eigenvalue weighted by molar-refractivity contribution is 5.91. The van der Waals surface area contributed by atoms with Crippen molar-refractivity contribution >= 4 is 17.8 Å². The first kappa shape index (κ1) is 19.9. The van der Waals surface area contributed by atoms with Crippen molar-refractivity contribution in [2.75, 3.05) is 0 Å². The molecular formula is C19H27N3O4. The molecule has 1 aliphatic rings. The Morgan fingerprint density at radius 3 is 2.38 bits per heavy atom. The molecule has 1 fully saturated rings. The minimum absolute atomic E-state index is 0.0806. The third-order valence-electron chi connectivity index (χ3n) is 4.52. The molecule has 0 unspecified atom stereocenters. The predicted octanol–water partition coefficient (Wildman–Crippen LogP) is 0.792. The normalized spacial score (nSPS) is 17.1. The summed E-state index contributed by atoms with van der Waals surface area (Å²) in [6.45, 7) is 0. The molecule has 1 aromatic rings. The quantitative estimate of drug-likeness (QED) is 0.591. The highest BCUT2D eigenvalue weighted by Gasteiger charge is 2.26. The lowest BCUT2D eigenvalue weighted by molar-refractivity contribution is -0.152. The molecule has 0 saturated heterocycles. The maximum atomic E-state index is 12.2. The number of carbonyl (C=O) groups excluding carboxylic acids is 3. The van der Waals surface area contributed by atoms with Gasteiger partial charge in [0.15, 0.2) is 0 Å². The van der Waals surface area contributed by atoms with Crippen LogP contribution in [0.3, 0.4) is 0 Å². The van der Waals surface area contributed by atoms with Gasteiger partial charge >= 0.3 is 5.97 Å². The molecular weight excluding hydrogens is 334 g/mol. The first-order chi connectivity index (χ1) is 12.5. The molecule has 7 heteroatoms. The van der Waals surface area contributed by atoms with Crippen LogP contribution in [-0.4, -0.2) is 36.0 Å². The Morgan fingerprint density at radius 2 is 1.77 bits per heavy atom. The van der Waals surface area contributed by atoms with Gasteiger partial charge in [0.1, 0.15) is 12.1 Å². The van der Waals surface area contributed by atoms with E-state index in [2.05, 4.69) is 5.32 Å². The molecule has 2 amide bonds. The van der Waals surface area contributed by atoms with Crippen molar-refractivity contribution in [3.05, 3.63) is 35.9 Å². The maximum Gasteiger partial charge on any atom is 0.308 e. The van der Waals surface area contributed by atoms with E-state index >= 15 is 0 Å². The second-order valence-electron chi connectivity index (χ2n) is 6.71. The first-order valence-corrected chi connectivity index (χ1v) is 9.04. The van der Waals surface area contributed by atoms with Gasteiger partial charge < -0.3 is 21.5 Å². The molecule has 26 heavy (non-hydrogen) atoms. The lowest BCUT2D eigenvalue weighted by Crippen LogP contribution is -2.51. The van der Waals surface area contributed by atoms with Gasteiger partial charge in [-0.3, -0.25) is 14.4 Å². The molecule has 0 heterocycles. The number of esters is 1. The van der Waals surface area contributed by atoms with Crippen LogP contribution in [0.1, 0.15) is 44.1 Å². The van der Waals surface area contributed by atoms with Crippen LogP contribution >= 0.6 is 0 Å². The second kappa shape index (κ2) is 9.91. The molecule has 0 spiro atoms. The van der Waals surface area contributed by atoms with Crippen LogP contribution in [0, 0.1) is 0 Å². The molecule has 0 aliphatic heterocycles. The SMILES string of the molecule is NC(=O)[C@H](Cc1ccccc1)NC(=O)[C@@H](N)CC(=O)OC1CCCCC1. The molecule has 2 rings (SSSR count). The number of amides is 2. The third kappa shape index (κ3) is 6.48. The van der Waals surface area contributed by atoms with Crippen LogP contribution in [0.2, 0.25) is 0 Å². The highest BCUT2D eigenvalue weighted by Crippen LogP contribution is 2.20. The fourth-order valence-corrected chi connectivity index (χ4v) is 3.04. The number of carbonyl (C=O) groups is 3. The van der Waals surface area contributed by atoms with E-state index in [4.69, 9.17) is 16.2 Å². The Balaban J connectivity index is 1.83. The summed E-state index contributed by atoms with van der Waals surface area (Å²) < 4.78 is 5.37. The second-order valence-corrected chi connectivity index (χ2v) is 6.71. The van der Waals surface area contributed by atoms with Crippen molar-refractivity contribution in [1.29, 1.82) is 0 Å². The molecule has 2 atom stereocenters. The van der Waals surface area contributed by atoms with Crippen LogP contribution in [0.5, 0.6) is 0 Å². The zero-order valence-electron chi connectivity index (χ0n) is 14.9. The number of hydrogen-bond acceptors (Lipinski definition) is 5. The van der Waals surface area contributed by atoms with Crippen LogP contribution in [0.15, 0.2) is 30.3 Å². The van der Waals surface area contributed by atoms with Gasteiger partial charge in [0.05, 0.1) is 12.5 Å². The number of primary amides is 1. The predicted molar refractivity (Wildman–Crippen MR) is 96.8 cm³/mol. The molecule has 1 aliphatic carbocycles. The Hall–Kier alpha value is -2.41. The highest BCUT2D eigenvalue weighted by atomic mass is 16.5. The van der Waals surface area contributed by atoms with E-state index in [0.29, 0.717) is 0 Å². The zero-order valence-corrected chi connectivity index (χ0v) is 14.9. The number of ether oxygens (including phenoxy) is 1. The summed E-state index contributed by atoms with van der Waals surface area (Å²) in [5.41, 5.74) is 12.0. The molecule has 1 saturated carbocycles. The average molecular weight is 361 g/mol. The summed E-state index contributed by atoms with van der Waals surface area (Å²) in [5.74, 6) is -1.73. The van der Waals surface area contributed by atoms with E-state index in [1.54, 1.807) is 0 Å². The fourth-order valence-electron chi connectivity index (χ4n) is 3.04. The summed E-state index contributed by atoms with van der Waals surface area (Å²) in [6.07, 6.45) is 4.92. The molecule has 0 aromatic heterocycles. The lowest BCUT2D eigenvalue weighted by Gasteiger charge is -2.23. The molecule has 0 bridgehead atoms. The van der Waals surface area contributed by atoms with Gasteiger partial charge in [0, 0.05) is 6.42 Å². The van der Waals surface area contributed by atoms with E-state index < -0.39 is 29.9 Å². The van der Waals surface area contributed by atoms with Gasteiger partial charge in [-0.2, -0.15) is 0 Å². The molecule has 7 nitrogen and oxygen atoms in total. The van der Waals surface area contributed by atoms with Gasteiger partial charge in [0.25, 0.3) is 0 Å². The Bertz CT molecular complexity index is 614. The average Bonchev–Trinajstić information content (AvgIpc) is 2.62. The number of nitrogens with one attached hydrogen (secondary N) is 1. The van der Waals surface area contributed by atoms with E-state index in [9.17, 15) is 14.4 Å².